The van der Waals surface area contributed by atoms with Crippen LogP contribution in [0.2, 0.25) is 0 Å². The Labute approximate surface area is 159 Å². The van der Waals surface area contributed by atoms with Gasteiger partial charge in [0.25, 0.3) is 0 Å². The fourth-order valence-corrected chi connectivity index (χ4v) is 4.12. The van der Waals surface area contributed by atoms with Gasteiger partial charge in [0.05, 0.1) is 23.4 Å². The molecular weight excluding hydrogens is 338 g/mol. The number of imidazole rings is 1. The Morgan fingerprint density at radius 2 is 2.07 bits per heavy atom. The molecule has 27 heavy (non-hydrogen) atoms. The van der Waals surface area contributed by atoms with Gasteiger partial charge in [0.1, 0.15) is 11.6 Å². The summed E-state index contributed by atoms with van der Waals surface area (Å²) in [6, 6.07) is 2.07. The summed E-state index contributed by atoms with van der Waals surface area (Å²) in [4.78, 5) is 23.0. The minimum atomic E-state index is 0.458. The highest BCUT2D eigenvalue weighted by Crippen LogP contribution is 2.30. The summed E-state index contributed by atoms with van der Waals surface area (Å²) in [5, 5.41) is 3.48. The molecule has 2 fully saturated rings. The molecule has 0 aromatic carbocycles. The van der Waals surface area contributed by atoms with E-state index in [1.807, 2.05) is 25.5 Å². The molecule has 144 valence electrons. The van der Waals surface area contributed by atoms with Crippen molar-refractivity contribution >= 4 is 22.5 Å². The van der Waals surface area contributed by atoms with Gasteiger partial charge in [0.15, 0.2) is 5.65 Å². The van der Waals surface area contributed by atoms with Crippen LogP contribution in [0.1, 0.15) is 57.7 Å². The summed E-state index contributed by atoms with van der Waals surface area (Å²) in [5.41, 5.74) is 3.10. The summed E-state index contributed by atoms with van der Waals surface area (Å²) in [7, 11) is 0. The first kappa shape index (κ1) is 18.2. The fourth-order valence-electron chi connectivity index (χ4n) is 4.12. The molecule has 1 aliphatic heterocycles. The standard InChI is InChI=1S/C14H17N5.C7H12O/c1-9-2-4-15-8-11(9)14-18-7-10-6-17-13-12(19(10)14)3-5-16-13;1-2-7(8)6-4-3-5-6/h3,5-7,9,11,15-16H,2,4,8H2,1H3;6H,2-5H2,1H3/t9-,11+;/m0./s1. The third kappa shape index (κ3) is 3.50. The molecule has 0 unspecified atom stereocenters. The lowest BCUT2D eigenvalue weighted by molar-refractivity contribution is -0.124. The number of carbonyl (C=O) groups excluding carboxylic acids is 1. The van der Waals surface area contributed by atoms with Crippen LogP contribution in [-0.2, 0) is 4.79 Å². The van der Waals surface area contributed by atoms with E-state index in [1.54, 1.807) is 0 Å². The minimum Gasteiger partial charge on any atom is -0.345 e. The van der Waals surface area contributed by atoms with Gasteiger partial charge < -0.3 is 10.3 Å². The first-order valence-electron chi connectivity index (χ1n) is 10.2. The lowest BCUT2D eigenvalue weighted by Crippen LogP contribution is -2.34. The van der Waals surface area contributed by atoms with Crippen molar-refractivity contribution in [3.63, 3.8) is 0 Å². The third-order valence-electron chi connectivity index (χ3n) is 6.16. The van der Waals surface area contributed by atoms with Crippen LogP contribution in [0.25, 0.3) is 16.7 Å². The molecule has 6 nitrogen and oxygen atoms in total. The number of aromatic amines is 1. The van der Waals surface area contributed by atoms with Gasteiger partial charge in [-0.15, -0.1) is 0 Å². The number of carbonyl (C=O) groups is 1. The minimum absolute atomic E-state index is 0.458. The zero-order valence-corrected chi connectivity index (χ0v) is 16.2. The molecule has 6 heteroatoms. The van der Waals surface area contributed by atoms with Crippen LogP contribution in [0.15, 0.2) is 24.7 Å². The predicted molar refractivity (Wildman–Crippen MR) is 107 cm³/mol. The third-order valence-corrected chi connectivity index (χ3v) is 6.16. The average molecular weight is 367 g/mol. The number of nitrogens with one attached hydrogen (secondary N) is 2. The lowest BCUT2D eigenvalue weighted by atomic mass is 9.81. The van der Waals surface area contributed by atoms with Crippen molar-refractivity contribution in [3.05, 3.63) is 30.5 Å². The van der Waals surface area contributed by atoms with E-state index in [0.717, 1.165) is 54.9 Å². The quantitative estimate of drug-likeness (QED) is 0.740. The zero-order valence-electron chi connectivity index (χ0n) is 16.2. The smallest absolute Gasteiger partial charge is 0.154 e. The molecule has 0 radical (unpaired) electrons. The topological polar surface area (TPSA) is 75.1 Å². The maximum Gasteiger partial charge on any atom is 0.154 e. The van der Waals surface area contributed by atoms with Crippen LogP contribution in [0.3, 0.4) is 0 Å². The second kappa shape index (κ2) is 7.80. The van der Waals surface area contributed by atoms with Crippen molar-refractivity contribution in [2.24, 2.45) is 11.8 Å². The van der Waals surface area contributed by atoms with Gasteiger partial charge in [-0.3, -0.25) is 9.20 Å². The fraction of sp³-hybridized carbons (Fsp3) is 0.571. The molecule has 5 rings (SSSR count). The number of rotatable bonds is 3. The van der Waals surface area contributed by atoms with E-state index in [9.17, 15) is 4.79 Å². The molecule has 3 aromatic rings. The first-order valence-corrected chi connectivity index (χ1v) is 10.2. The summed E-state index contributed by atoms with van der Waals surface area (Å²) >= 11 is 0. The van der Waals surface area contributed by atoms with Crippen LogP contribution in [0.4, 0.5) is 0 Å². The normalized spacial score (nSPS) is 23.0. The lowest BCUT2D eigenvalue weighted by Gasteiger charge is -2.28. The predicted octanol–water partition coefficient (Wildman–Crippen LogP) is 3.69. The molecule has 2 N–H and O–H groups in total. The van der Waals surface area contributed by atoms with Gasteiger partial charge in [-0.1, -0.05) is 20.3 Å². The maximum atomic E-state index is 10.8. The molecule has 1 aliphatic carbocycles. The number of ketones is 1. The van der Waals surface area contributed by atoms with E-state index in [-0.39, 0.29) is 0 Å². The van der Waals surface area contributed by atoms with E-state index < -0.39 is 0 Å². The van der Waals surface area contributed by atoms with E-state index in [4.69, 9.17) is 0 Å². The highest BCUT2D eigenvalue weighted by Gasteiger charge is 2.27. The largest absolute Gasteiger partial charge is 0.345 e. The summed E-state index contributed by atoms with van der Waals surface area (Å²) in [6.07, 6.45) is 11.3. The van der Waals surface area contributed by atoms with Crippen LogP contribution in [0, 0.1) is 11.8 Å². The van der Waals surface area contributed by atoms with Crippen molar-refractivity contribution in [1.29, 1.82) is 0 Å². The molecule has 0 bridgehead atoms. The Kier molecular flexibility index (Phi) is 5.25. The van der Waals surface area contributed by atoms with E-state index in [2.05, 4.69) is 37.7 Å². The molecule has 1 saturated heterocycles. The molecule has 4 heterocycles. The Bertz CT molecular complexity index is 923. The zero-order chi connectivity index (χ0) is 18.8. The van der Waals surface area contributed by atoms with Gasteiger partial charge in [-0.05, 0) is 37.8 Å². The monoisotopic (exact) mass is 367 g/mol. The molecule has 2 aliphatic rings. The molecule has 3 aromatic heterocycles. The number of nitrogens with zero attached hydrogens (tertiary/aromatic N) is 3. The van der Waals surface area contributed by atoms with Crippen molar-refractivity contribution < 1.29 is 4.79 Å². The Balaban J connectivity index is 0.000000190. The van der Waals surface area contributed by atoms with Crippen molar-refractivity contribution in [3.8, 4) is 0 Å². The van der Waals surface area contributed by atoms with Crippen LogP contribution >= 0.6 is 0 Å². The second-order valence-corrected chi connectivity index (χ2v) is 7.87. The van der Waals surface area contributed by atoms with Gasteiger partial charge in [-0.25, -0.2) is 9.97 Å². The Morgan fingerprint density at radius 1 is 1.26 bits per heavy atom. The second-order valence-electron chi connectivity index (χ2n) is 7.87. The number of aromatic nitrogens is 4. The summed E-state index contributed by atoms with van der Waals surface area (Å²) < 4.78 is 2.24. The van der Waals surface area contributed by atoms with Crippen molar-refractivity contribution in [2.75, 3.05) is 13.1 Å². The van der Waals surface area contributed by atoms with E-state index in [0.29, 0.717) is 23.5 Å². The number of H-pyrrole nitrogens is 1. The van der Waals surface area contributed by atoms with Gasteiger partial charge in [0, 0.05) is 31.0 Å². The van der Waals surface area contributed by atoms with Gasteiger partial charge in [0.2, 0.25) is 0 Å². The molecule has 1 saturated carbocycles. The van der Waals surface area contributed by atoms with E-state index >= 15 is 0 Å². The highest BCUT2D eigenvalue weighted by molar-refractivity contribution is 5.81. The molecular formula is C21H29N5O. The maximum absolute atomic E-state index is 10.8. The highest BCUT2D eigenvalue weighted by atomic mass is 16.1. The van der Waals surface area contributed by atoms with Crippen LogP contribution in [0.5, 0.6) is 0 Å². The van der Waals surface area contributed by atoms with Crippen molar-refractivity contribution in [2.45, 2.75) is 51.9 Å². The van der Waals surface area contributed by atoms with Gasteiger partial charge >= 0.3 is 0 Å². The number of hydrogen-bond acceptors (Lipinski definition) is 4. The number of fused-ring (bicyclic) bond motifs is 3. The van der Waals surface area contributed by atoms with Gasteiger partial charge in [-0.2, -0.15) is 0 Å². The van der Waals surface area contributed by atoms with Crippen LogP contribution < -0.4 is 5.32 Å². The van der Waals surface area contributed by atoms with E-state index in [1.165, 1.54) is 12.8 Å². The average Bonchev–Trinajstić information content (AvgIpc) is 3.27. The summed E-state index contributed by atoms with van der Waals surface area (Å²) in [5.74, 6) is 3.21. The molecule has 0 spiro atoms. The van der Waals surface area contributed by atoms with Crippen LogP contribution in [-0.4, -0.2) is 38.2 Å². The Morgan fingerprint density at radius 3 is 2.74 bits per heavy atom. The first-order chi connectivity index (χ1) is 13.2. The number of hydrogen-bond donors (Lipinski definition) is 2. The Hall–Kier alpha value is -2.21. The molecule has 2 atom stereocenters. The van der Waals surface area contributed by atoms with Crippen molar-refractivity contribution in [1.82, 2.24) is 24.7 Å². The summed E-state index contributed by atoms with van der Waals surface area (Å²) in [6.45, 7) is 6.39. The SMILES string of the molecule is CCC(=O)C1CCC1.C[C@H]1CCNC[C@H]1c1ncc2cnc3[nH]ccc3n12. The number of Topliss-reactive ketones (excluding diaryl/α,β-unsaturated/α-hetero) is 1. The number of piperidine rings is 1. The molecule has 0 amide bonds.